The van der Waals surface area contributed by atoms with Gasteiger partial charge in [-0.3, -0.25) is 9.59 Å². The zero-order valence-electron chi connectivity index (χ0n) is 18.8. The molecule has 4 rings (SSSR count). The number of nitrogens with one attached hydrogen (secondary N) is 2. The van der Waals surface area contributed by atoms with E-state index in [2.05, 4.69) is 10.6 Å². The van der Waals surface area contributed by atoms with Gasteiger partial charge in [-0.25, -0.2) is 9.18 Å². The quantitative estimate of drug-likeness (QED) is 0.544. The number of benzene rings is 3. The number of para-hydroxylation sites is 1. The molecule has 34 heavy (non-hydrogen) atoms. The van der Waals surface area contributed by atoms with Gasteiger partial charge in [0.2, 0.25) is 0 Å². The summed E-state index contributed by atoms with van der Waals surface area (Å²) in [6.07, 6.45) is 0. The predicted octanol–water partition coefficient (Wildman–Crippen LogP) is 4.63. The van der Waals surface area contributed by atoms with Gasteiger partial charge in [0, 0.05) is 48.7 Å². The van der Waals surface area contributed by atoms with Crippen LogP contribution in [0.5, 0.6) is 0 Å². The Kier molecular flexibility index (Phi) is 6.87. The first kappa shape index (κ1) is 23.0. The van der Waals surface area contributed by atoms with Crippen molar-refractivity contribution in [1.29, 1.82) is 0 Å². The molecule has 1 heterocycles. The Balaban J connectivity index is 1.32. The van der Waals surface area contributed by atoms with Gasteiger partial charge >= 0.3 is 6.03 Å². The molecular weight excluding hydrogens is 435 g/mol. The molecule has 0 radical (unpaired) electrons. The molecule has 2 N–H and O–H groups in total. The van der Waals surface area contributed by atoms with Gasteiger partial charge in [0.05, 0.1) is 5.69 Å². The van der Waals surface area contributed by atoms with E-state index in [1.807, 2.05) is 23.1 Å². The number of amides is 3. The van der Waals surface area contributed by atoms with Crippen molar-refractivity contribution in [2.75, 3.05) is 41.7 Å². The standard InChI is InChI=1S/C26H25FN4O3/c1-18(32)20-9-12-24(23(27)17-20)30-13-15-31(16-14-30)25(33)19-7-10-22(11-8-19)29-26(34)28-21-5-3-2-4-6-21/h2-12,17H,13-16H2,1H3,(H2,28,29,34). The Hall–Kier alpha value is -4.20. The molecule has 3 amide bonds. The van der Waals surface area contributed by atoms with Crippen molar-refractivity contribution in [2.45, 2.75) is 6.92 Å². The molecule has 1 aliphatic rings. The van der Waals surface area contributed by atoms with Crippen LogP contribution in [0.1, 0.15) is 27.6 Å². The number of Topliss-reactive ketones (excluding diaryl/α,β-unsaturated/α-hetero) is 1. The first-order valence-electron chi connectivity index (χ1n) is 11.0. The molecule has 1 fully saturated rings. The minimum Gasteiger partial charge on any atom is -0.366 e. The van der Waals surface area contributed by atoms with Crippen molar-refractivity contribution < 1.29 is 18.8 Å². The number of ketones is 1. The third-order valence-electron chi connectivity index (χ3n) is 5.68. The van der Waals surface area contributed by atoms with Gasteiger partial charge in [-0.05, 0) is 61.5 Å². The summed E-state index contributed by atoms with van der Waals surface area (Å²) in [5, 5.41) is 5.47. The Bertz CT molecular complexity index is 1190. The number of piperazine rings is 1. The lowest BCUT2D eigenvalue weighted by molar-refractivity contribution is 0.0746. The maximum Gasteiger partial charge on any atom is 0.323 e. The van der Waals surface area contributed by atoms with E-state index in [9.17, 15) is 18.8 Å². The number of halogens is 1. The smallest absolute Gasteiger partial charge is 0.323 e. The second-order valence-corrected chi connectivity index (χ2v) is 8.02. The second-order valence-electron chi connectivity index (χ2n) is 8.02. The molecule has 0 spiro atoms. The Morgan fingerprint density at radius 2 is 1.35 bits per heavy atom. The zero-order valence-corrected chi connectivity index (χ0v) is 18.8. The maximum absolute atomic E-state index is 14.5. The fraction of sp³-hybridized carbons (Fsp3) is 0.192. The monoisotopic (exact) mass is 460 g/mol. The Morgan fingerprint density at radius 1 is 0.765 bits per heavy atom. The van der Waals surface area contributed by atoms with E-state index in [1.54, 1.807) is 53.4 Å². The summed E-state index contributed by atoms with van der Waals surface area (Å²) < 4.78 is 14.5. The molecule has 7 nitrogen and oxygen atoms in total. The molecule has 3 aromatic carbocycles. The highest BCUT2D eigenvalue weighted by molar-refractivity contribution is 6.00. The summed E-state index contributed by atoms with van der Waals surface area (Å²) in [7, 11) is 0. The molecule has 174 valence electrons. The first-order valence-corrected chi connectivity index (χ1v) is 11.0. The van der Waals surface area contributed by atoms with Gasteiger partial charge in [-0.2, -0.15) is 0 Å². The van der Waals surface area contributed by atoms with Crippen LogP contribution in [0.3, 0.4) is 0 Å². The van der Waals surface area contributed by atoms with Gasteiger partial charge in [-0.15, -0.1) is 0 Å². The van der Waals surface area contributed by atoms with Crippen LogP contribution in [-0.4, -0.2) is 48.8 Å². The number of anilines is 3. The van der Waals surface area contributed by atoms with Crippen LogP contribution >= 0.6 is 0 Å². The predicted molar refractivity (Wildman–Crippen MR) is 130 cm³/mol. The van der Waals surface area contributed by atoms with Crippen LogP contribution in [0.2, 0.25) is 0 Å². The van der Waals surface area contributed by atoms with Crippen LogP contribution in [0, 0.1) is 5.82 Å². The maximum atomic E-state index is 14.5. The van der Waals surface area contributed by atoms with E-state index < -0.39 is 5.82 Å². The van der Waals surface area contributed by atoms with E-state index in [0.717, 1.165) is 0 Å². The number of carbonyl (C=O) groups excluding carboxylic acids is 3. The van der Waals surface area contributed by atoms with Gasteiger partial charge in [0.1, 0.15) is 5.82 Å². The number of hydrogen-bond donors (Lipinski definition) is 2. The molecule has 0 aliphatic carbocycles. The van der Waals surface area contributed by atoms with Crippen LogP contribution < -0.4 is 15.5 Å². The van der Waals surface area contributed by atoms with Crippen molar-refractivity contribution in [3.63, 3.8) is 0 Å². The zero-order chi connectivity index (χ0) is 24.1. The van der Waals surface area contributed by atoms with Gasteiger partial charge < -0.3 is 20.4 Å². The molecule has 0 unspecified atom stereocenters. The van der Waals surface area contributed by atoms with Crippen molar-refractivity contribution in [1.82, 2.24) is 4.90 Å². The minimum absolute atomic E-state index is 0.118. The molecule has 0 atom stereocenters. The first-order chi connectivity index (χ1) is 16.4. The van der Waals surface area contributed by atoms with E-state index in [4.69, 9.17) is 0 Å². The average Bonchev–Trinajstić information content (AvgIpc) is 2.84. The molecule has 8 heteroatoms. The van der Waals surface area contributed by atoms with Gasteiger partial charge in [-0.1, -0.05) is 18.2 Å². The Labute approximate surface area is 197 Å². The van der Waals surface area contributed by atoms with Gasteiger partial charge in [0.25, 0.3) is 5.91 Å². The number of rotatable bonds is 5. The Morgan fingerprint density at radius 3 is 1.94 bits per heavy atom. The molecule has 3 aromatic rings. The molecule has 1 aliphatic heterocycles. The fourth-order valence-electron chi connectivity index (χ4n) is 3.83. The molecular formula is C26H25FN4O3. The lowest BCUT2D eigenvalue weighted by Gasteiger charge is -2.36. The fourth-order valence-corrected chi connectivity index (χ4v) is 3.83. The second kappa shape index (κ2) is 10.2. The highest BCUT2D eigenvalue weighted by Crippen LogP contribution is 2.23. The highest BCUT2D eigenvalue weighted by atomic mass is 19.1. The SMILES string of the molecule is CC(=O)c1ccc(N2CCN(C(=O)c3ccc(NC(=O)Nc4ccccc4)cc3)CC2)c(F)c1. The minimum atomic E-state index is -0.438. The summed E-state index contributed by atoms with van der Waals surface area (Å²) in [5.41, 5.74) is 2.53. The number of urea groups is 1. The van der Waals surface area contributed by atoms with E-state index in [1.165, 1.54) is 13.0 Å². The average molecular weight is 461 g/mol. The van der Waals surface area contributed by atoms with Crippen LogP contribution in [0.25, 0.3) is 0 Å². The normalized spacial score (nSPS) is 13.4. The topological polar surface area (TPSA) is 81.8 Å². The van der Waals surface area contributed by atoms with E-state index in [0.29, 0.717) is 54.4 Å². The summed E-state index contributed by atoms with van der Waals surface area (Å²) >= 11 is 0. The van der Waals surface area contributed by atoms with Crippen LogP contribution in [-0.2, 0) is 0 Å². The third-order valence-corrected chi connectivity index (χ3v) is 5.68. The summed E-state index contributed by atoms with van der Waals surface area (Å²) in [6, 6.07) is 19.9. The van der Waals surface area contributed by atoms with Crippen LogP contribution in [0.4, 0.5) is 26.2 Å². The van der Waals surface area contributed by atoms with Crippen molar-refractivity contribution in [2.24, 2.45) is 0 Å². The molecule has 0 saturated carbocycles. The number of carbonyl (C=O) groups is 3. The lowest BCUT2D eigenvalue weighted by atomic mass is 10.1. The van der Waals surface area contributed by atoms with Crippen LogP contribution in [0.15, 0.2) is 72.8 Å². The number of hydrogen-bond acceptors (Lipinski definition) is 4. The summed E-state index contributed by atoms with van der Waals surface area (Å²) in [5.74, 6) is -0.738. The molecule has 1 saturated heterocycles. The van der Waals surface area contributed by atoms with E-state index >= 15 is 0 Å². The van der Waals surface area contributed by atoms with Crippen molar-refractivity contribution >= 4 is 34.8 Å². The highest BCUT2D eigenvalue weighted by Gasteiger charge is 2.24. The largest absolute Gasteiger partial charge is 0.366 e. The van der Waals surface area contributed by atoms with Gasteiger partial charge in [0.15, 0.2) is 5.78 Å². The molecule has 0 bridgehead atoms. The third kappa shape index (κ3) is 5.40. The molecule has 0 aromatic heterocycles. The lowest BCUT2D eigenvalue weighted by Crippen LogP contribution is -2.49. The number of nitrogens with zero attached hydrogens (tertiary/aromatic N) is 2. The summed E-state index contributed by atoms with van der Waals surface area (Å²) in [4.78, 5) is 40.1. The van der Waals surface area contributed by atoms with Crippen molar-refractivity contribution in [3.05, 3.63) is 89.7 Å². The van der Waals surface area contributed by atoms with E-state index in [-0.39, 0.29) is 17.7 Å². The van der Waals surface area contributed by atoms with Crippen molar-refractivity contribution in [3.8, 4) is 0 Å². The summed E-state index contributed by atoms with van der Waals surface area (Å²) in [6.45, 7) is 3.28.